The predicted molar refractivity (Wildman–Crippen MR) is 81.1 cm³/mol. The Bertz CT molecular complexity index is 513. The summed E-state index contributed by atoms with van der Waals surface area (Å²) in [6.07, 6.45) is 0.992. The van der Waals surface area contributed by atoms with Crippen molar-refractivity contribution in [3.05, 3.63) is 46.8 Å². The monoisotopic (exact) mass is 259 g/mol. The van der Waals surface area contributed by atoms with Crippen LogP contribution in [0.3, 0.4) is 0 Å². The van der Waals surface area contributed by atoms with Gasteiger partial charge in [-0.05, 0) is 35.6 Å². The van der Waals surface area contributed by atoms with Gasteiger partial charge < -0.3 is 5.73 Å². The number of rotatable bonds is 4. The maximum absolute atomic E-state index is 6.07. The van der Waals surface area contributed by atoms with E-state index in [0.29, 0.717) is 5.92 Å². The molecule has 2 aromatic rings. The van der Waals surface area contributed by atoms with Crippen LogP contribution in [0.1, 0.15) is 49.6 Å². The Morgan fingerprint density at radius 1 is 1.17 bits per heavy atom. The van der Waals surface area contributed by atoms with E-state index >= 15 is 0 Å². The molecule has 0 aliphatic carbocycles. The molecule has 0 saturated carbocycles. The second-order valence-corrected chi connectivity index (χ2v) is 6.11. The van der Waals surface area contributed by atoms with Gasteiger partial charge in [-0.2, -0.15) is 0 Å². The van der Waals surface area contributed by atoms with E-state index in [9.17, 15) is 0 Å². The summed E-state index contributed by atoms with van der Waals surface area (Å²) in [5, 5.41) is 0. The van der Waals surface area contributed by atoms with Crippen molar-refractivity contribution in [3.8, 4) is 10.4 Å². The average molecular weight is 259 g/mol. The number of thiophene rings is 1. The molecule has 1 aromatic heterocycles. The standard InChI is InChI=1S/C16H21NS/c1-4-14(17)16-9-8-15(18-16)13-7-5-6-12(10-13)11(2)3/h5-11,14H,4,17H2,1-3H3. The summed E-state index contributed by atoms with van der Waals surface area (Å²) in [4.78, 5) is 2.60. The summed E-state index contributed by atoms with van der Waals surface area (Å²) < 4.78 is 0. The van der Waals surface area contributed by atoms with Crippen molar-refractivity contribution in [1.29, 1.82) is 0 Å². The quantitative estimate of drug-likeness (QED) is 0.826. The number of hydrogen-bond donors (Lipinski definition) is 1. The van der Waals surface area contributed by atoms with E-state index in [0.717, 1.165) is 6.42 Å². The molecule has 1 aromatic carbocycles. The van der Waals surface area contributed by atoms with Crippen LogP contribution in [0.5, 0.6) is 0 Å². The number of benzene rings is 1. The zero-order valence-corrected chi connectivity index (χ0v) is 12.1. The molecular formula is C16H21NS. The molecule has 96 valence electrons. The van der Waals surface area contributed by atoms with Crippen LogP contribution in [0.25, 0.3) is 10.4 Å². The van der Waals surface area contributed by atoms with E-state index in [1.165, 1.54) is 20.9 Å². The molecule has 0 aliphatic rings. The van der Waals surface area contributed by atoms with Crippen LogP contribution in [0.15, 0.2) is 36.4 Å². The summed E-state index contributed by atoms with van der Waals surface area (Å²) in [5.74, 6) is 0.572. The van der Waals surface area contributed by atoms with Gasteiger partial charge in [0.05, 0.1) is 0 Å². The molecule has 2 N–H and O–H groups in total. The van der Waals surface area contributed by atoms with E-state index in [4.69, 9.17) is 5.73 Å². The first-order valence-corrected chi connectivity index (χ1v) is 7.39. The second kappa shape index (κ2) is 5.68. The first-order chi connectivity index (χ1) is 8.61. The topological polar surface area (TPSA) is 26.0 Å². The van der Waals surface area contributed by atoms with Crippen molar-refractivity contribution in [2.75, 3.05) is 0 Å². The van der Waals surface area contributed by atoms with Gasteiger partial charge in [0.1, 0.15) is 0 Å². The van der Waals surface area contributed by atoms with Gasteiger partial charge in [-0.25, -0.2) is 0 Å². The minimum absolute atomic E-state index is 0.178. The molecule has 0 amide bonds. The number of hydrogen-bond acceptors (Lipinski definition) is 2. The Morgan fingerprint density at radius 3 is 2.61 bits per heavy atom. The smallest absolute Gasteiger partial charge is 0.0387 e. The first-order valence-electron chi connectivity index (χ1n) is 6.57. The zero-order valence-electron chi connectivity index (χ0n) is 11.3. The Kier molecular flexibility index (Phi) is 4.20. The van der Waals surface area contributed by atoms with Gasteiger partial charge in [-0.1, -0.05) is 45.0 Å². The Hall–Kier alpha value is -1.12. The lowest BCUT2D eigenvalue weighted by Gasteiger charge is -2.07. The van der Waals surface area contributed by atoms with E-state index < -0.39 is 0 Å². The third kappa shape index (κ3) is 2.82. The molecule has 1 unspecified atom stereocenters. The van der Waals surface area contributed by atoms with Gasteiger partial charge in [-0.3, -0.25) is 0 Å². The molecule has 1 heterocycles. The highest BCUT2D eigenvalue weighted by Crippen LogP contribution is 2.32. The lowest BCUT2D eigenvalue weighted by molar-refractivity contribution is 0.712. The van der Waals surface area contributed by atoms with Gasteiger partial charge in [0.2, 0.25) is 0 Å². The maximum Gasteiger partial charge on any atom is 0.0387 e. The van der Waals surface area contributed by atoms with Crippen molar-refractivity contribution < 1.29 is 0 Å². The summed E-state index contributed by atoms with van der Waals surface area (Å²) in [6, 6.07) is 13.3. The minimum Gasteiger partial charge on any atom is -0.323 e. The third-order valence-electron chi connectivity index (χ3n) is 3.27. The lowest BCUT2D eigenvalue weighted by atomic mass is 10.0. The maximum atomic E-state index is 6.07. The molecule has 0 saturated heterocycles. The molecule has 0 bridgehead atoms. The van der Waals surface area contributed by atoms with Crippen molar-refractivity contribution >= 4 is 11.3 Å². The molecule has 0 spiro atoms. The predicted octanol–water partition coefficient (Wildman–Crippen LogP) is 4.95. The molecule has 0 fully saturated rings. The summed E-state index contributed by atoms with van der Waals surface area (Å²) in [6.45, 7) is 6.58. The van der Waals surface area contributed by atoms with E-state index in [1.807, 2.05) is 11.3 Å². The molecule has 18 heavy (non-hydrogen) atoms. The SMILES string of the molecule is CCC(N)c1ccc(-c2cccc(C(C)C)c2)s1. The van der Waals surface area contributed by atoms with Gasteiger partial charge in [0.25, 0.3) is 0 Å². The van der Waals surface area contributed by atoms with Gasteiger partial charge in [-0.15, -0.1) is 11.3 Å². The minimum atomic E-state index is 0.178. The molecular weight excluding hydrogens is 238 g/mol. The van der Waals surface area contributed by atoms with Crippen LogP contribution in [-0.4, -0.2) is 0 Å². The van der Waals surface area contributed by atoms with Crippen LogP contribution in [-0.2, 0) is 0 Å². The Balaban J connectivity index is 2.31. The van der Waals surface area contributed by atoms with E-state index in [2.05, 4.69) is 57.2 Å². The van der Waals surface area contributed by atoms with Gasteiger partial charge in [0.15, 0.2) is 0 Å². The molecule has 0 radical (unpaired) electrons. The Morgan fingerprint density at radius 2 is 1.94 bits per heavy atom. The second-order valence-electron chi connectivity index (χ2n) is 5.00. The fraction of sp³-hybridized carbons (Fsp3) is 0.375. The average Bonchev–Trinajstić information content (AvgIpc) is 2.87. The summed E-state index contributed by atoms with van der Waals surface area (Å²) >= 11 is 1.81. The highest BCUT2D eigenvalue weighted by Gasteiger charge is 2.09. The molecule has 1 atom stereocenters. The molecule has 0 aliphatic heterocycles. The van der Waals surface area contributed by atoms with Crippen LogP contribution in [0, 0.1) is 0 Å². The van der Waals surface area contributed by atoms with Gasteiger partial charge >= 0.3 is 0 Å². The number of nitrogens with two attached hydrogens (primary N) is 1. The van der Waals surface area contributed by atoms with Crippen molar-refractivity contribution in [2.24, 2.45) is 5.73 Å². The van der Waals surface area contributed by atoms with Crippen LogP contribution < -0.4 is 5.73 Å². The third-order valence-corrected chi connectivity index (χ3v) is 4.54. The lowest BCUT2D eigenvalue weighted by Crippen LogP contribution is -2.05. The highest BCUT2D eigenvalue weighted by molar-refractivity contribution is 7.15. The fourth-order valence-electron chi connectivity index (χ4n) is 1.96. The summed E-state index contributed by atoms with van der Waals surface area (Å²) in [5.41, 5.74) is 8.77. The molecule has 2 heteroatoms. The van der Waals surface area contributed by atoms with Crippen LogP contribution in [0.4, 0.5) is 0 Å². The van der Waals surface area contributed by atoms with Crippen molar-refractivity contribution in [3.63, 3.8) is 0 Å². The van der Waals surface area contributed by atoms with Crippen molar-refractivity contribution in [2.45, 2.75) is 39.2 Å². The highest BCUT2D eigenvalue weighted by atomic mass is 32.1. The van der Waals surface area contributed by atoms with Gasteiger partial charge in [0, 0.05) is 15.8 Å². The normalized spacial score (nSPS) is 12.9. The van der Waals surface area contributed by atoms with E-state index in [-0.39, 0.29) is 6.04 Å². The van der Waals surface area contributed by atoms with Crippen molar-refractivity contribution in [1.82, 2.24) is 0 Å². The largest absolute Gasteiger partial charge is 0.323 e. The van der Waals surface area contributed by atoms with Crippen LogP contribution in [0.2, 0.25) is 0 Å². The zero-order chi connectivity index (χ0) is 13.1. The molecule has 2 rings (SSSR count). The van der Waals surface area contributed by atoms with E-state index in [1.54, 1.807) is 0 Å². The van der Waals surface area contributed by atoms with Crippen LogP contribution >= 0.6 is 11.3 Å². The first kappa shape index (κ1) is 13.3. The Labute approximate surface area is 114 Å². The molecule has 1 nitrogen and oxygen atoms in total. The fourth-order valence-corrected chi connectivity index (χ4v) is 3.05. The summed E-state index contributed by atoms with van der Waals surface area (Å²) in [7, 11) is 0.